The Morgan fingerprint density at radius 3 is 2.79 bits per heavy atom. The molecule has 0 bridgehead atoms. The topological polar surface area (TPSA) is 41.6 Å². The van der Waals surface area contributed by atoms with Gasteiger partial charge in [0, 0.05) is 12.7 Å². The molecule has 0 spiro atoms. The van der Waals surface area contributed by atoms with Gasteiger partial charge in [0.2, 0.25) is 6.41 Å². The molecule has 2 atom stereocenters. The van der Waals surface area contributed by atoms with Gasteiger partial charge in [-0.3, -0.25) is 4.79 Å². The van der Waals surface area contributed by atoms with Crippen molar-refractivity contribution in [2.45, 2.75) is 33.0 Å². The first-order valence-electron chi connectivity index (χ1n) is 9.68. The van der Waals surface area contributed by atoms with Crippen LogP contribution in [0.15, 0.2) is 59.3 Å². The Morgan fingerprint density at radius 1 is 1.36 bits per heavy atom. The van der Waals surface area contributed by atoms with Gasteiger partial charge in [-0.1, -0.05) is 32.9 Å². The van der Waals surface area contributed by atoms with Gasteiger partial charge in [0.05, 0.1) is 12.9 Å². The van der Waals surface area contributed by atoms with Gasteiger partial charge in [0.25, 0.3) is 0 Å². The number of benzene rings is 1. The minimum absolute atomic E-state index is 0.0668. The van der Waals surface area contributed by atoms with Gasteiger partial charge in [-0.25, -0.2) is 0 Å². The lowest BCUT2D eigenvalue weighted by Crippen LogP contribution is -2.30. The number of amides is 1. The van der Waals surface area contributed by atoms with E-state index in [9.17, 15) is 4.79 Å². The summed E-state index contributed by atoms with van der Waals surface area (Å²) in [4.78, 5) is 13.7. The fourth-order valence-electron chi connectivity index (χ4n) is 3.70. The molecular formula is C23H29N2O2P. The summed E-state index contributed by atoms with van der Waals surface area (Å²) >= 11 is 0. The van der Waals surface area contributed by atoms with E-state index in [0.29, 0.717) is 8.58 Å². The van der Waals surface area contributed by atoms with Crippen LogP contribution in [0, 0.1) is 6.92 Å². The maximum Gasteiger partial charge on any atom is 0.214 e. The molecule has 3 rings (SSSR count). The van der Waals surface area contributed by atoms with Gasteiger partial charge >= 0.3 is 0 Å². The lowest BCUT2D eigenvalue weighted by Gasteiger charge is -2.32. The number of nitrogens with one attached hydrogen (secondary N) is 1. The number of aryl methyl sites for hydroxylation is 1. The van der Waals surface area contributed by atoms with Crippen LogP contribution in [-0.2, 0) is 4.79 Å². The molecule has 5 heteroatoms. The molecule has 148 valence electrons. The Bertz CT molecular complexity index is 867. The number of methoxy groups -OCH3 is 1. The Labute approximate surface area is 169 Å². The molecule has 1 aromatic carbocycles. The SMILES string of the molecule is C/C=C(\PC1C(C)=CC(C2=CCNCC2)=CN1C=O)c1ccc(OC)c(C)c1. The number of hydrogen-bond donors (Lipinski definition) is 1. The molecule has 2 aliphatic heterocycles. The summed E-state index contributed by atoms with van der Waals surface area (Å²) in [5.74, 6) is 0.964. The third-order valence-corrected chi connectivity index (χ3v) is 7.16. The van der Waals surface area contributed by atoms with Crippen LogP contribution in [0.4, 0.5) is 0 Å². The molecule has 0 radical (unpaired) electrons. The quantitative estimate of drug-likeness (QED) is 0.565. The highest BCUT2D eigenvalue weighted by atomic mass is 31.1. The number of carbonyl (C=O) groups is 1. The Hall–Kier alpha value is -2.16. The normalized spacial score (nSPS) is 20.7. The molecule has 4 nitrogen and oxygen atoms in total. The molecule has 2 aliphatic rings. The van der Waals surface area contributed by atoms with E-state index >= 15 is 0 Å². The van der Waals surface area contributed by atoms with Crippen LogP contribution in [0.5, 0.6) is 5.75 Å². The Morgan fingerprint density at radius 2 is 2.18 bits per heavy atom. The number of rotatable bonds is 6. The van der Waals surface area contributed by atoms with E-state index in [1.165, 1.54) is 22.0 Å². The molecule has 1 amide bonds. The van der Waals surface area contributed by atoms with Gasteiger partial charge in [-0.15, -0.1) is 0 Å². The maximum absolute atomic E-state index is 11.9. The van der Waals surface area contributed by atoms with Crippen molar-refractivity contribution in [2.75, 3.05) is 20.2 Å². The molecule has 1 aromatic rings. The van der Waals surface area contributed by atoms with Crippen molar-refractivity contribution in [1.82, 2.24) is 10.2 Å². The number of ether oxygens (including phenoxy) is 1. The third kappa shape index (κ3) is 4.45. The fourth-order valence-corrected chi connectivity index (χ4v) is 5.08. The van der Waals surface area contributed by atoms with E-state index in [2.05, 4.69) is 56.4 Å². The molecule has 0 aromatic heterocycles. The maximum atomic E-state index is 11.9. The highest BCUT2D eigenvalue weighted by Crippen LogP contribution is 2.44. The summed E-state index contributed by atoms with van der Waals surface area (Å²) < 4.78 is 5.39. The number of nitrogens with zero attached hydrogens (tertiary/aromatic N) is 1. The smallest absolute Gasteiger partial charge is 0.214 e. The number of carbonyl (C=O) groups excluding carboxylic acids is 1. The second-order valence-electron chi connectivity index (χ2n) is 7.14. The molecule has 2 unspecified atom stereocenters. The van der Waals surface area contributed by atoms with Gasteiger partial charge in [-0.2, -0.15) is 0 Å². The predicted molar refractivity (Wildman–Crippen MR) is 119 cm³/mol. The Kier molecular flexibility index (Phi) is 6.88. The molecule has 28 heavy (non-hydrogen) atoms. The Balaban J connectivity index is 1.83. The van der Waals surface area contributed by atoms with Crippen molar-refractivity contribution in [3.63, 3.8) is 0 Å². The van der Waals surface area contributed by atoms with Gasteiger partial charge in [0.1, 0.15) is 5.75 Å². The van der Waals surface area contributed by atoms with Crippen LogP contribution in [0.25, 0.3) is 5.31 Å². The van der Waals surface area contributed by atoms with Crippen LogP contribution in [0.1, 0.15) is 31.4 Å². The molecule has 1 N–H and O–H groups in total. The van der Waals surface area contributed by atoms with E-state index in [4.69, 9.17) is 4.74 Å². The first-order valence-corrected chi connectivity index (χ1v) is 10.8. The van der Waals surface area contributed by atoms with E-state index in [0.717, 1.165) is 42.8 Å². The summed E-state index contributed by atoms with van der Waals surface area (Å²) in [5, 5.41) is 4.60. The first-order chi connectivity index (χ1) is 13.6. The zero-order valence-corrected chi connectivity index (χ0v) is 18.1. The minimum atomic E-state index is 0.0668. The van der Waals surface area contributed by atoms with Crippen LogP contribution in [0.3, 0.4) is 0 Å². The van der Waals surface area contributed by atoms with E-state index in [-0.39, 0.29) is 5.78 Å². The van der Waals surface area contributed by atoms with Crippen molar-refractivity contribution < 1.29 is 9.53 Å². The molecule has 0 aliphatic carbocycles. The predicted octanol–water partition coefficient (Wildman–Crippen LogP) is 4.59. The zero-order valence-electron chi connectivity index (χ0n) is 17.1. The fraction of sp³-hybridized carbons (Fsp3) is 0.348. The molecule has 0 fully saturated rings. The van der Waals surface area contributed by atoms with Crippen molar-refractivity contribution in [1.29, 1.82) is 0 Å². The van der Waals surface area contributed by atoms with Crippen LogP contribution < -0.4 is 10.1 Å². The largest absolute Gasteiger partial charge is 0.496 e. The summed E-state index contributed by atoms with van der Waals surface area (Å²) in [5.41, 5.74) is 6.02. The standard InChI is InChI=1S/C23H29N2O2P/c1-5-22(19-6-7-21(27-4)16(2)12-19)28-23-17(3)13-20(14-25(23)15-26)18-8-10-24-11-9-18/h5-8,12-15,23-24,28H,9-11H2,1-4H3/b22-5-. The monoisotopic (exact) mass is 396 g/mol. The second kappa shape index (κ2) is 9.36. The summed E-state index contributed by atoms with van der Waals surface area (Å²) in [6.07, 6.45) is 10.6. The summed E-state index contributed by atoms with van der Waals surface area (Å²) in [6, 6.07) is 6.28. The van der Waals surface area contributed by atoms with Crippen molar-refractivity contribution in [3.05, 3.63) is 70.5 Å². The van der Waals surface area contributed by atoms with Gasteiger partial charge in [-0.05, 0) is 79.0 Å². The van der Waals surface area contributed by atoms with Crippen LogP contribution >= 0.6 is 8.58 Å². The molecule has 0 saturated heterocycles. The van der Waals surface area contributed by atoms with Crippen molar-refractivity contribution in [2.24, 2.45) is 0 Å². The summed E-state index contributed by atoms with van der Waals surface area (Å²) in [7, 11) is 2.18. The highest BCUT2D eigenvalue weighted by Gasteiger charge is 2.25. The third-order valence-electron chi connectivity index (χ3n) is 5.24. The van der Waals surface area contributed by atoms with Gasteiger partial charge in [0.15, 0.2) is 0 Å². The van der Waals surface area contributed by atoms with E-state index in [1.54, 1.807) is 7.11 Å². The van der Waals surface area contributed by atoms with Crippen LogP contribution in [0.2, 0.25) is 0 Å². The molecule has 0 saturated carbocycles. The zero-order chi connectivity index (χ0) is 20.1. The first kappa shape index (κ1) is 20.6. The number of hydrogen-bond acceptors (Lipinski definition) is 3. The summed E-state index contributed by atoms with van der Waals surface area (Å²) in [6.45, 7) is 8.14. The second-order valence-corrected chi connectivity index (χ2v) is 8.52. The van der Waals surface area contributed by atoms with E-state index < -0.39 is 0 Å². The van der Waals surface area contributed by atoms with Crippen molar-refractivity contribution in [3.8, 4) is 5.75 Å². The highest BCUT2D eigenvalue weighted by molar-refractivity contribution is 7.51. The van der Waals surface area contributed by atoms with E-state index in [1.807, 2.05) is 17.2 Å². The average Bonchev–Trinajstić information content (AvgIpc) is 2.73. The molecule has 2 heterocycles. The molecular weight excluding hydrogens is 367 g/mol. The number of allylic oxidation sites excluding steroid dienone is 3. The average molecular weight is 396 g/mol. The van der Waals surface area contributed by atoms with Crippen LogP contribution in [-0.4, -0.2) is 37.3 Å². The van der Waals surface area contributed by atoms with Crippen molar-refractivity contribution >= 4 is 20.3 Å². The van der Waals surface area contributed by atoms with Gasteiger partial charge < -0.3 is 15.0 Å². The lowest BCUT2D eigenvalue weighted by atomic mass is 9.97. The lowest BCUT2D eigenvalue weighted by molar-refractivity contribution is -0.116. The minimum Gasteiger partial charge on any atom is -0.496 e.